The van der Waals surface area contributed by atoms with E-state index in [2.05, 4.69) is 42.9 Å². The normalized spacial score (nSPS) is 10.0. The lowest BCUT2D eigenvalue weighted by Crippen LogP contribution is -2.27. The summed E-state index contributed by atoms with van der Waals surface area (Å²) in [7, 11) is 1.49. The molecule has 0 fully saturated rings. The number of amides is 2. The number of rotatable bonds is 3. The van der Waals surface area contributed by atoms with E-state index in [1.807, 2.05) is 24.3 Å². The Labute approximate surface area is 126 Å². The van der Waals surface area contributed by atoms with Crippen molar-refractivity contribution in [2.45, 2.75) is 0 Å². The second kappa shape index (κ2) is 6.06. The number of benzene rings is 1. The first-order chi connectivity index (χ1) is 9.10. The Morgan fingerprint density at radius 1 is 1.32 bits per heavy atom. The molecule has 0 unspecified atom stereocenters. The fourth-order valence-corrected chi connectivity index (χ4v) is 2.42. The highest BCUT2D eigenvalue weighted by atomic mass is 127. The fourth-order valence-electron chi connectivity index (χ4n) is 1.34. The van der Waals surface area contributed by atoms with E-state index in [0.29, 0.717) is 5.00 Å². The smallest absolute Gasteiger partial charge is 0.319 e. The van der Waals surface area contributed by atoms with Gasteiger partial charge in [-0.25, -0.2) is 4.79 Å². The third-order valence-corrected chi connectivity index (χ3v) is 3.78. The van der Waals surface area contributed by atoms with Crippen molar-refractivity contribution in [2.75, 3.05) is 17.7 Å². The van der Waals surface area contributed by atoms with Crippen molar-refractivity contribution in [3.05, 3.63) is 38.2 Å². The van der Waals surface area contributed by atoms with Crippen LogP contribution in [0, 0.1) is 3.57 Å². The highest BCUT2D eigenvalue weighted by molar-refractivity contribution is 14.1. The Morgan fingerprint density at radius 3 is 2.63 bits per heavy atom. The van der Waals surface area contributed by atoms with Crippen molar-refractivity contribution in [3.8, 4) is 0 Å². The molecule has 2 aromatic rings. The summed E-state index contributed by atoms with van der Waals surface area (Å²) in [5.41, 5.74) is 0.722. The van der Waals surface area contributed by atoms with Crippen molar-refractivity contribution in [1.29, 1.82) is 0 Å². The standard InChI is InChI=1S/C11H11IN4O2S/c1-13-11(18)15-8-9(17)16-19-10(8)14-7-4-2-6(12)3-5-7/h2-5,14H,1H3,(H,16,17)(H2,13,15,18). The molecular weight excluding hydrogens is 379 g/mol. The number of aromatic amines is 1. The Bertz CT molecular complexity index is 635. The summed E-state index contributed by atoms with van der Waals surface area (Å²) in [4.78, 5) is 22.9. The Morgan fingerprint density at radius 2 is 2.00 bits per heavy atom. The Hall–Kier alpha value is -1.55. The maximum absolute atomic E-state index is 11.6. The zero-order valence-corrected chi connectivity index (χ0v) is 12.9. The minimum atomic E-state index is -0.436. The van der Waals surface area contributed by atoms with Gasteiger partial charge in [0.05, 0.1) is 0 Å². The number of carbonyl (C=O) groups excluding carboxylic acids is 1. The molecule has 4 N–H and O–H groups in total. The van der Waals surface area contributed by atoms with Crippen LogP contribution in [0.4, 0.5) is 21.2 Å². The summed E-state index contributed by atoms with van der Waals surface area (Å²) in [5.74, 6) is 0. The van der Waals surface area contributed by atoms with Crippen molar-refractivity contribution in [3.63, 3.8) is 0 Å². The predicted molar refractivity (Wildman–Crippen MR) is 85.5 cm³/mol. The Kier molecular flexibility index (Phi) is 4.43. The lowest BCUT2D eigenvalue weighted by molar-refractivity contribution is 0.254. The van der Waals surface area contributed by atoms with E-state index in [-0.39, 0.29) is 11.2 Å². The van der Waals surface area contributed by atoms with Gasteiger partial charge in [-0.3, -0.25) is 9.17 Å². The maximum Gasteiger partial charge on any atom is 0.319 e. The summed E-state index contributed by atoms with van der Waals surface area (Å²) in [6, 6.07) is 7.26. The zero-order valence-electron chi connectivity index (χ0n) is 9.91. The molecular formula is C11H11IN4O2S. The lowest BCUT2D eigenvalue weighted by Gasteiger charge is -2.07. The number of hydrogen-bond donors (Lipinski definition) is 4. The summed E-state index contributed by atoms with van der Waals surface area (Å²) in [6.07, 6.45) is 0. The van der Waals surface area contributed by atoms with E-state index in [9.17, 15) is 9.59 Å². The summed E-state index contributed by atoms with van der Waals surface area (Å²) in [5, 5.41) is 8.55. The van der Waals surface area contributed by atoms with E-state index in [1.165, 1.54) is 7.05 Å². The molecule has 0 atom stereocenters. The molecule has 1 aromatic heterocycles. The van der Waals surface area contributed by atoms with Crippen molar-refractivity contribution < 1.29 is 4.79 Å². The number of aromatic nitrogens is 1. The van der Waals surface area contributed by atoms with E-state index in [1.54, 1.807) is 0 Å². The van der Waals surface area contributed by atoms with E-state index >= 15 is 0 Å². The summed E-state index contributed by atoms with van der Waals surface area (Å²) in [6.45, 7) is 0. The monoisotopic (exact) mass is 390 g/mol. The highest BCUT2D eigenvalue weighted by Crippen LogP contribution is 2.26. The van der Waals surface area contributed by atoms with Gasteiger partial charge >= 0.3 is 6.03 Å². The number of hydrogen-bond acceptors (Lipinski definition) is 4. The molecule has 0 aliphatic heterocycles. The van der Waals surface area contributed by atoms with Crippen LogP contribution in [-0.4, -0.2) is 17.5 Å². The van der Waals surface area contributed by atoms with Crippen LogP contribution in [0.3, 0.4) is 0 Å². The molecule has 0 aliphatic carbocycles. The molecule has 8 heteroatoms. The van der Waals surface area contributed by atoms with Gasteiger partial charge in [-0.1, -0.05) is 0 Å². The van der Waals surface area contributed by atoms with Crippen molar-refractivity contribution in [2.24, 2.45) is 0 Å². The molecule has 19 heavy (non-hydrogen) atoms. The van der Waals surface area contributed by atoms with Gasteiger partial charge in [-0.2, -0.15) is 0 Å². The topological polar surface area (TPSA) is 86.0 Å². The molecule has 0 aliphatic rings. The van der Waals surface area contributed by atoms with Crippen molar-refractivity contribution in [1.82, 2.24) is 9.69 Å². The highest BCUT2D eigenvalue weighted by Gasteiger charge is 2.13. The van der Waals surface area contributed by atoms with Crippen LogP contribution >= 0.6 is 34.1 Å². The molecule has 2 rings (SSSR count). The third kappa shape index (κ3) is 3.47. The first-order valence-electron chi connectivity index (χ1n) is 5.33. The van der Waals surface area contributed by atoms with Crippen LogP contribution in [0.15, 0.2) is 29.1 Å². The zero-order chi connectivity index (χ0) is 13.8. The van der Waals surface area contributed by atoms with E-state index in [0.717, 1.165) is 20.8 Å². The minimum absolute atomic E-state index is 0.211. The minimum Gasteiger partial charge on any atom is -0.344 e. The number of nitrogens with one attached hydrogen (secondary N) is 4. The molecule has 0 saturated heterocycles. The molecule has 0 saturated carbocycles. The van der Waals surface area contributed by atoms with Crippen LogP contribution in [0.1, 0.15) is 0 Å². The first-order valence-corrected chi connectivity index (χ1v) is 7.22. The first kappa shape index (κ1) is 13.9. The Balaban J connectivity index is 2.23. The molecule has 0 radical (unpaired) electrons. The van der Waals surface area contributed by atoms with Crippen molar-refractivity contribution >= 4 is 56.5 Å². The summed E-state index contributed by atoms with van der Waals surface area (Å²) >= 11 is 3.35. The molecule has 0 bridgehead atoms. The van der Waals surface area contributed by atoms with Crippen LogP contribution in [0.2, 0.25) is 0 Å². The lowest BCUT2D eigenvalue weighted by atomic mass is 10.3. The van der Waals surface area contributed by atoms with Gasteiger partial charge in [0.2, 0.25) is 0 Å². The summed E-state index contributed by atoms with van der Waals surface area (Å²) < 4.78 is 3.70. The molecule has 6 nitrogen and oxygen atoms in total. The number of carbonyl (C=O) groups is 1. The van der Waals surface area contributed by atoms with Gasteiger partial charge in [0.25, 0.3) is 5.56 Å². The van der Waals surface area contributed by atoms with Crippen LogP contribution in [0.25, 0.3) is 0 Å². The van der Waals surface area contributed by atoms with Crippen LogP contribution in [0.5, 0.6) is 0 Å². The van der Waals surface area contributed by atoms with E-state index in [4.69, 9.17) is 0 Å². The van der Waals surface area contributed by atoms with Gasteiger partial charge in [-0.15, -0.1) is 0 Å². The fraction of sp³-hybridized carbons (Fsp3) is 0.0909. The van der Waals surface area contributed by atoms with E-state index < -0.39 is 6.03 Å². The van der Waals surface area contributed by atoms with Crippen LogP contribution in [-0.2, 0) is 0 Å². The molecule has 0 spiro atoms. The SMILES string of the molecule is CNC(=O)Nc1c(Nc2ccc(I)cc2)s[nH]c1=O. The predicted octanol–water partition coefficient (Wildman–Crippen LogP) is 2.54. The quantitative estimate of drug-likeness (QED) is 0.608. The van der Waals surface area contributed by atoms with Gasteiger partial charge in [0, 0.05) is 16.3 Å². The van der Waals surface area contributed by atoms with Gasteiger partial charge in [0.1, 0.15) is 10.7 Å². The third-order valence-electron chi connectivity index (χ3n) is 2.27. The number of anilines is 3. The molecule has 1 aromatic carbocycles. The number of urea groups is 1. The van der Waals surface area contributed by atoms with Gasteiger partial charge in [0.15, 0.2) is 0 Å². The second-order valence-corrected chi connectivity index (χ2v) is 5.64. The number of halogens is 1. The molecule has 2 amide bonds. The van der Waals surface area contributed by atoms with Crippen LogP contribution < -0.4 is 21.5 Å². The van der Waals surface area contributed by atoms with Gasteiger partial charge < -0.3 is 16.0 Å². The average molecular weight is 390 g/mol. The largest absolute Gasteiger partial charge is 0.344 e. The second-order valence-electron chi connectivity index (χ2n) is 3.57. The molecule has 100 valence electrons. The molecule has 1 heterocycles. The average Bonchev–Trinajstić information content (AvgIpc) is 2.74. The maximum atomic E-state index is 11.6. The number of H-pyrrole nitrogens is 1. The van der Waals surface area contributed by atoms with Gasteiger partial charge in [-0.05, 0) is 58.4 Å².